The van der Waals surface area contributed by atoms with E-state index in [2.05, 4.69) is 97.1 Å². The number of benzene rings is 5. The lowest BCUT2D eigenvalue weighted by molar-refractivity contribution is 1.18. The van der Waals surface area contributed by atoms with Gasteiger partial charge in [-0.25, -0.2) is 9.97 Å². The highest BCUT2D eigenvalue weighted by Gasteiger charge is 2.13. The van der Waals surface area contributed by atoms with E-state index in [9.17, 15) is 0 Å². The zero-order chi connectivity index (χ0) is 24.6. The Labute approximate surface area is 219 Å². The molecule has 0 unspecified atom stereocenters. The maximum atomic E-state index is 5.01. The third-order valence-corrected chi connectivity index (χ3v) is 7.82. The largest absolute Gasteiger partial charge is 0.228 e. The summed E-state index contributed by atoms with van der Waals surface area (Å²) in [7, 11) is 0. The number of hydrogen-bond acceptors (Lipinski definition) is 3. The van der Waals surface area contributed by atoms with E-state index < -0.39 is 0 Å². The fraction of sp³-hybridized carbons (Fsp3) is 0. The molecule has 5 aromatic carbocycles. The van der Waals surface area contributed by atoms with Crippen LogP contribution in [0, 0.1) is 0 Å². The second-order valence-corrected chi connectivity index (χ2v) is 10.2. The lowest BCUT2D eigenvalue weighted by atomic mass is 10.0. The number of rotatable bonds is 4. The summed E-state index contributed by atoms with van der Waals surface area (Å²) in [4.78, 5) is 9.93. The fourth-order valence-corrected chi connectivity index (χ4v) is 6.00. The van der Waals surface area contributed by atoms with E-state index in [1.807, 2.05) is 47.7 Å². The summed E-state index contributed by atoms with van der Waals surface area (Å²) >= 11 is 1.84. The normalized spacial score (nSPS) is 11.2. The fourth-order valence-electron chi connectivity index (χ4n) is 4.81. The lowest BCUT2D eigenvalue weighted by Gasteiger charge is -2.09. The summed E-state index contributed by atoms with van der Waals surface area (Å²) in [6.07, 6.45) is 0. The molecule has 7 aromatic rings. The predicted octanol–water partition coefficient (Wildman–Crippen LogP) is 9.51. The van der Waals surface area contributed by atoms with Gasteiger partial charge >= 0.3 is 0 Å². The van der Waals surface area contributed by atoms with E-state index in [0.29, 0.717) is 0 Å². The van der Waals surface area contributed by atoms with Crippen LogP contribution in [0.15, 0.2) is 133 Å². The standard InChI is InChI=1S/C34H22N2S/c1-4-10-23(11-5-1)26-16-18-28-29-19-17-27(21-33(29)37-32(28)20-26)31-22-30(24-12-6-2-7-13-24)35-34(36-31)25-14-8-3-9-15-25/h1-22H. The maximum Gasteiger partial charge on any atom is 0.160 e. The number of nitrogens with zero attached hydrogens (tertiary/aromatic N) is 2. The molecule has 3 heteroatoms. The summed E-state index contributed by atoms with van der Waals surface area (Å²) in [6.45, 7) is 0. The third-order valence-electron chi connectivity index (χ3n) is 6.70. The number of aromatic nitrogens is 2. The molecule has 0 atom stereocenters. The van der Waals surface area contributed by atoms with Gasteiger partial charge in [0.15, 0.2) is 5.82 Å². The van der Waals surface area contributed by atoms with Crippen LogP contribution in [0.4, 0.5) is 0 Å². The van der Waals surface area contributed by atoms with Crippen LogP contribution in [0.2, 0.25) is 0 Å². The molecular weight excluding hydrogens is 468 g/mol. The molecule has 0 spiro atoms. The quantitative estimate of drug-likeness (QED) is 0.245. The minimum atomic E-state index is 0.737. The molecule has 7 rings (SSSR count). The van der Waals surface area contributed by atoms with Crippen LogP contribution in [0.25, 0.3) is 65.2 Å². The molecule has 0 fully saturated rings. The van der Waals surface area contributed by atoms with Crippen molar-refractivity contribution in [2.45, 2.75) is 0 Å². The van der Waals surface area contributed by atoms with E-state index in [4.69, 9.17) is 9.97 Å². The van der Waals surface area contributed by atoms with Gasteiger partial charge in [0.05, 0.1) is 11.4 Å². The molecule has 0 bridgehead atoms. The van der Waals surface area contributed by atoms with Gasteiger partial charge in [0.1, 0.15) is 0 Å². The summed E-state index contributed by atoms with van der Waals surface area (Å²) in [5.41, 5.74) is 7.53. The van der Waals surface area contributed by atoms with Crippen LogP contribution in [-0.2, 0) is 0 Å². The van der Waals surface area contributed by atoms with Gasteiger partial charge in [-0.1, -0.05) is 115 Å². The minimum Gasteiger partial charge on any atom is -0.228 e. The zero-order valence-electron chi connectivity index (χ0n) is 20.0. The van der Waals surface area contributed by atoms with Gasteiger partial charge in [0.25, 0.3) is 0 Å². The average molecular weight is 491 g/mol. The average Bonchev–Trinajstić information content (AvgIpc) is 3.35. The minimum absolute atomic E-state index is 0.737. The Morgan fingerprint density at radius 2 is 0.865 bits per heavy atom. The first-order chi connectivity index (χ1) is 18.3. The molecule has 0 saturated heterocycles. The number of thiophene rings is 1. The molecule has 2 nitrogen and oxygen atoms in total. The van der Waals surface area contributed by atoms with Gasteiger partial charge < -0.3 is 0 Å². The van der Waals surface area contributed by atoms with Crippen molar-refractivity contribution in [3.8, 4) is 45.0 Å². The Balaban J connectivity index is 1.37. The molecule has 0 N–H and O–H groups in total. The molecule has 37 heavy (non-hydrogen) atoms. The summed E-state index contributed by atoms with van der Waals surface area (Å²) in [5.74, 6) is 0.737. The highest BCUT2D eigenvalue weighted by atomic mass is 32.1. The van der Waals surface area contributed by atoms with Crippen molar-refractivity contribution < 1.29 is 0 Å². The smallest absolute Gasteiger partial charge is 0.160 e. The molecule has 2 heterocycles. The molecular formula is C34H22N2S. The Bertz CT molecular complexity index is 1800. The van der Waals surface area contributed by atoms with Crippen molar-refractivity contribution in [2.75, 3.05) is 0 Å². The van der Waals surface area contributed by atoms with Crippen LogP contribution < -0.4 is 0 Å². The van der Waals surface area contributed by atoms with Gasteiger partial charge in [-0.2, -0.15) is 0 Å². The molecule has 0 aliphatic carbocycles. The van der Waals surface area contributed by atoms with Gasteiger partial charge in [-0.3, -0.25) is 0 Å². The van der Waals surface area contributed by atoms with Gasteiger partial charge in [0, 0.05) is 36.9 Å². The molecule has 0 aliphatic heterocycles. The number of fused-ring (bicyclic) bond motifs is 3. The Morgan fingerprint density at radius 3 is 1.49 bits per heavy atom. The Kier molecular flexibility index (Phi) is 5.34. The first kappa shape index (κ1) is 21.7. The Morgan fingerprint density at radius 1 is 0.378 bits per heavy atom. The van der Waals surface area contributed by atoms with Crippen molar-refractivity contribution in [1.82, 2.24) is 9.97 Å². The lowest BCUT2D eigenvalue weighted by Crippen LogP contribution is -1.95. The first-order valence-electron chi connectivity index (χ1n) is 12.3. The highest BCUT2D eigenvalue weighted by Crippen LogP contribution is 2.38. The van der Waals surface area contributed by atoms with Gasteiger partial charge in [-0.15, -0.1) is 11.3 Å². The second kappa shape index (κ2) is 9.12. The van der Waals surface area contributed by atoms with Gasteiger partial charge in [0.2, 0.25) is 0 Å². The summed E-state index contributed by atoms with van der Waals surface area (Å²) in [5, 5.41) is 2.58. The van der Waals surface area contributed by atoms with Crippen molar-refractivity contribution >= 4 is 31.5 Å². The van der Waals surface area contributed by atoms with E-state index in [1.165, 1.54) is 31.3 Å². The van der Waals surface area contributed by atoms with Crippen molar-refractivity contribution in [3.63, 3.8) is 0 Å². The zero-order valence-corrected chi connectivity index (χ0v) is 20.8. The highest BCUT2D eigenvalue weighted by molar-refractivity contribution is 7.25. The van der Waals surface area contributed by atoms with E-state index in [1.54, 1.807) is 0 Å². The summed E-state index contributed by atoms with van der Waals surface area (Å²) in [6, 6.07) is 46.7. The Hall–Kier alpha value is -4.60. The first-order valence-corrected chi connectivity index (χ1v) is 13.2. The van der Waals surface area contributed by atoms with E-state index in [-0.39, 0.29) is 0 Å². The third kappa shape index (κ3) is 4.10. The van der Waals surface area contributed by atoms with Crippen molar-refractivity contribution in [1.29, 1.82) is 0 Å². The van der Waals surface area contributed by atoms with Gasteiger partial charge in [-0.05, 0) is 29.3 Å². The van der Waals surface area contributed by atoms with Crippen LogP contribution in [0.3, 0.4) is 0 Å². The predicted molar refractivity (Wildman–Crippen MR) is 157 cm³/mol. The summed E-state index contributed by atoms with van der Waals surface area (Å²) < 4.78 is 2.56. The SMILES string of the molecule is c1ccc(-c2ccc3c(c2)sc2cc(-c4cc(-c5ccccc5)nc(-c5ccccc5)n4)ccc23)cc1. The number of hydrogen-bond donors (Lipinski definition) is 0. The van der Waals surface area contributed by atoms with Crippen molar-refractivity contribution in [2.24, 2.45) is 0 Å². The monoisotopic (exact) mass is 490 g/mol. The maximum absolute atomic E-state index is 5.01. The molecule has 0 aliphatic rings. The van der Waals surface area contributed by atoms with E-state index in [0.717, 1.165) is 33.9 Å². The van der Waals surface area contributed by atoms with Crippen LogP contribution in [0.5, 0.6) is 0 Å². The second-order valence-electron chi connectivity index (χ2n) is 9.08. The van der Waals surface area contributed by atoms with Crippen LogP contribution in [0.1, 0.15) is 0 Å². The molecule has 0 radical (unpaired) electrons. The van der Waals surface area contributed by atoms with Crippen LogP contribution in [-0.4, -0.2) is 9.97 Å². The van der Waals surface area contributed by atoms with Crippen LogP contribution >= 0.6 is 11.3 Å². The molecule has 0 saturated carbocycles. The molecule has 2 aromatic heterocycles. The molecule has 174 valence electrons. The molecule has 0 amide bonds. The topological polar surface area (TPSA) is 25.8 Å². The van der Waals surface area contributed by atoms with E-state index >= 15 is 0 Å². The van der Waals surface area contributed by atoms with Crippen molar-refractivity contribution in [3.05, 3.63) is 133 Å².